The van der Waals surface area contributed by atoms with Crippen LogP contribution in [0.3, 0.4) is 0 Å². The van der Waals surface area contributed by atoms with Gasteiger partial charge in [-0.3, -0.25) is 0 Å². The number of ether oxygens (including phenoxy) is 2. The average Bonchev–Trinajstić information content (AvgIpc) is 2.46. The summed E-state index contributed by atoms with van der Waals surface area (Å²) in [6, 6.07) is 11.6. The maximum Gasteiger partial charge on any atom is 0.162 e. The Morgan fingerprint density at radius 1 is 1.00 bits per heavy atom. The Morgan fingerprint density at radius 2 is 1.70 bits per heavy atom. The molecule has 0 fully saturated rings. The summed E-state index contributed by atoms with van der Waals surface area (Å²) in [6.07, 6.45) is 0. The monoisotopic (exact) mass is 397 g/mol. The van der Waals surface area contributed by atoms with Gasteiger partial charge in [0.25, 0.3) is 0 Å². The molecule has 1 heterocycles. The Balaban J connectivity index is 2.01. The second-order valence-electron chi connectivity index (χ2n) is 4.55. The van der Waals surface area contributed by atoms with Crippen molar-refractivity contribution in [3.63, 3.8) is 0 Å². The van der Waals surface area contributed by atoms with Gasteiger partial charge in [-0.15, -0.1) is 0 Å². The minimum atomic E-state index is -0.224. The van der Waals surface area contributed by atoms with E-state index in [1.165, 1.54) is 0 Å². The molecule has 0 saturated heterocycles. The summed E-state index contributed by atoms with van der Waals surface area (Å²) >= 11 is 7.03. The van der Waals surface area contributed by atoms with Crippen LogP contribution in [0.25, 0.3) is 0 Å². The molecule has 0 radical (unpaired) electrons. The van der Waals surface area contributed by atoms with Crippen LogP contribution in [0.1, 0.15) is 17.2 Å². The molecule has 1 aliphatic rings. The van der Waals surface area contributed by atoms with Gasteiger partial charge >= 0.3 is 0 Å². The highest BCUT2D eigenvalue weighted by Crippen LogP contribution is 2.38. The molecule has 5 heteroatoms. The molecule has 0 aliphatic carbocycles. The third-order valence-electron chi connectivity index (χ3n) is 3.20. The zero-order chi connectivity index (χ0) is 14.1. The molecule has 3 nitrogen and oxygen atoms in total. The van der Waals surface area contributed by atoms with E-state index < -0.39 is 0 Å². The summed E-state index contributed by atoms with van der Waals surface area (Å²) in [5, 5.41) is 0. The molecular weight excluding hydrogens is 386 g/mol. The normalized spacial score (nSPS) is 14.9. The van der Waals surface area contributed by atoms with Crippen LogP contribution in [0.15, 0.2) is 45.3 Å². The van der Waals surface area contributed by atoms with Gasteiger partial charge in [0.1, 0.15) is 13.2 Å². The molecule has 0 bridgehead atoms. The minimum Gasteiger partial charge on any atom is -0.486 e. The van der Waals surface area contributed by atoms with Gasteiger partial charge in [0.15, 0.2) is 11.5 Å². The van der Waals surface area contributed by atoms with E-state index >= 15 is 0 Å². The van der Waals surface area contributed by atoms with E-state index in [-0.39, 0.29) is 6.04 Å². The zero-order valence-electron chi connectivity index (χ0n) is 10.6. The Bertz CT molecular complexity index is 646. The fraction of sp³-hybridized carbons (Fsp3) is 0.200. The van der Waals surface area contributed by atoms with Crippen LogP contribution >= 0.6 is 31.9 Å². The highest BCUT2D eigenvalue weighted by atomic mass is 79.9. The molecule has 104 valence electrons. The number of rotatable bonds is 2. The summed E-state index contributed by atoms with van der Waals surface area (Å²) in [4.78, 5) is 0. The first-order chi connectivity index (χ1) is 9.65. The van der Waals surface area contributed by atoms with Crippen molar-refractivity contribution in [2.45, 2.75) is 6.04 Å². The molecule has 0 spiro atoms. The maximum absolute atomic E-state index is 6.37. The van der Waals surface area contributed by atoms with E-state index in [1.54, 1.807) is 0 Å². The van der Waals surface area contributed by atoms with Crippen molar-refractivity contribution in [3.05, 3.63) is 56.5 Å². The van der Waals surface area contributed by atoms with Gasteiger partial charge in [-0.1, -0.05) is 44.0 Å². The van der Waals surface area contributed by atoms with Gasteiger partial charge in [-0.05, 0) is 35.4 Å². The van der Waals surface area contributed by atoms with Crippen molar-refractivity contribution >= 4 is 31.9 Å². The van der Waals surface area contributed by atoms with Crippen LogP contribution in [0, 0.1) is 0 Å². The van der Waals surface area contributed by atoms with Gasteiger partial charge in [0.05, 0.1) is 6.04 Å². The summed E-state index contributed by atoms with van der Waals surface area (Å²) in [6.45, 7) is 1.15. The minimum absolute atomic E-state index is 0.224. The van der Waals surface area contributed by atoms with Crippen LogP contribution in [-0.2, 0) is 0 Å². The highest BCUT2D eigenvalue weighted by molar-refractivity contribution is 9.10. The van der Waals surface area contributed by atoms with Crippen LogP contribution in [0.5, 0.6) is 11.5 Å². The molecule has 0 aromatic heterocycles. The zero-order valence-corrected chi connectivity index (χ0v) is 13.8. The number of nitrogens with two attached hydrogens (primary N) is 1. The van der Waals surface area contributed by atoms with Crippen molar-refractivity contribution in [1.29, 1.82) is 0 Å². The quantitative estimate of drug-likeness (QED) is 0.830. The lowest BCUT2D eigenvalue weighted by atomic mass is 9.99. The third kappa shape index (κ3) is 2.71. The van der Waals surface area contributed by atoms with Crippen molar-refractivity contribution < 1.29 is 9.47 Å². The molecule has 2 N–H and O–H groups in total. The molecule has 2 aromatic rings. The molecule has 1 unspecified atom stereocenters. The highest BCUT2D eigenvalue weighted by Gasteiger charge is 2.19. The summed E-state index contributed by atoms with van der Waals surface area (Å²) < 4.78 is 13.1. The maximum atomic E-state index is 6.37. The molecule has 3 rings (SSSR count). The molecule has 1 aliphatic heterocycles. The van der Waals surface area contributed by atoms with Crippen LogP contribution in [-0.4, -0.2) is 13.2 Å². The lowest BCUT2D eigenvalue weighted by Gasteiger charge is -2.22. The topological polar surface area (TPSA) is 44.5 Å². The first-order valence-electron chi connectivity index (χ1n) is 6.25. The van der Waals surface area contributed by atoms with Gasteiger partial charge in [0.2, 0.25) is 0 Å². The number of fused-ring (bicyclic) bond motifs is 1. The smallest absolute Gasteiger partial charge is 0.162 e. The molecule has 2 aromatic carbocycles. The van der Waals surface area contributed by atoms with E-state index in [0.717, 1.165) is 31.6 Å². The lowest BCUT2D eigenvalue weighted by Crippen LogP contribution is -2.17. The van der Waals surface area contributed by atoms with E-state index in [1.807, 2.05) is 36.4 Å². The van der Waals surface area contributed by atoms with Crippen molar-refractivity contribution in [1.82, 2.24) is 0 Å². The fourth-order valence-electron chi connectivity index (χ4n) is 2.20. The SMILES string of the molecule is NC(c1cccc(Br)c1)c1cc2c(cc1Br)OCCO2. The molecule has 1 atom stereocenters. The van der Waals surface area contributed by atoms with Gasteiger partial charge < -0.3 is 15.2 Å². The number of hydrogen-bond donors (Lipinski definition) is 1. The number of benzene rings is 2. The van der Waals surface area contributed by atoms with Crippen LogP contribution in [0.4, 0.5) is 0 Å². The predicted octanol–water partition coefficient (Wildman–Crippen LogP) is 4.03. The first-order valence-corrected chi connectivity index (χ1v) is 7.84. The molecule has 20 heavy (non-hydrogen) atoms. The van der Waals surface area contributed by atoms with Gasteiger partial charge in [0, 0.05) is 8.95 Å². The van der Waals surface area contributed by atoms with E-state index in [2.05, 4.69) is 31.9 Å². The van der Waals surface area contributed by atoms with Crippen molar-refractivity contribution in [3.8, 4) is 11.5 Å². The summed E-state index contributed by atoms with van der Waals surface area (Å²) in [7, 11) is 0. The first kappa shape index (κ1) is 13.9. The van der Waals surface area contributed by atoms with Crippen LogP contribution in [0.2, 0.25) is 0 Å². The molecular formula is C15H13Br2NO2. The van der Waals surface area contributed by atoms with E-state index in [4.69, 9.17) is 15.2 Å². The Morgan fingerprint density at radius 3 is 2.40 bits per heavy atom. The standard InChI is InChI=1S/C15H13Br2NO2/c16-10-3-1-2-9(6-10)15(18)11-7-13-14(8-12(11)17)20-5-4-19-13/h1-3,6-8,15H,4-5,18H2. The Kier molecular flexibility index (Phi) is 4.01. The third-order valence-corrected chi connectivity index (χ3v) is 4.38. The van der Waals surface area contributed by atoms with Gasteiger partial charge in [-0.2, -0.15) is 0 Å². The van der Waals surface area contributed by atoms with Gasteiger partial charge in [-0.25, -0.2) is 0 Å². The largest absolute Gasteiger partial charge is 0.486 e. The Hall–Kier alpha value is -1.04. The van der Waals surface area contributed by atoms with E-state index in [0.29, 0.717) is 13.2 Å². The summed E-state index contributed by atoms with van der Waals surface area (Å²) in [5.74, 6) is 1.51. The molecule has 0 saturated carbocycles. The number of halogens is 2. The van der Waals surface area contributed by atoms with Crippen molar-refractivity contribution in [2.75, 3.05) is 13.2 Å². The summed E-state index contributed by atoms with van der Waals surface area (Å²) in [5.41, 5.74) is 8.39. The fourth-order valence-corrected chi connectivity index (χ4v) is 3.18. The van der Waals surface area contributed by atoms with Crippen molar-refractivity contribution in [2.24, 2.45) is 5.73 Å². The second-order valence-corrected chi connectivity index (χ2v) is 6.32. The lowest BCUT2D eigenvalue weighted by molar-refractivity contribution is 0.171. The molecule has 0 amide bonds. The van der Waals surface area contributed by atoms with Crippen LogP contribution < -0.4 is 15.2 Å². The van der Waals surface area contributed by atoms with E-state index in [9.17, 15) is 0 Å². The Labute approximate surface area is 134 Å². The second kappa shape index (κ2) is 5.76. The average molecular weight is 399 g/mol. The number of hydrogen-bond acceptors (Lipinski definition) is 3. The predicted molar refractivity (Wildman–Crippen MR) is 85.3 cm³/mol.